The number of halogens is 1. The number of carbonyl (C=O) groups is 1. The zero-order valence-electron chi connectivity index (χ0n) is 18.0. The zero-order chi connectivity index (χ0) is 22.6. The fourth-order valence-electron chi connectivity index (χ4n) is 3.63. The van der Waals surface area contributed by atoms with E-state index in [4.69, 9.17) is 16.3 Å². The van der Waals surface area contributed by atoms with Gasteiger partial charge in [0.2, 0.25) is 10.0 Å². The van der Waals surface area contributed by atoms with E-state index in [0.717, 1.165) is 31.4 Å². The molecule has 0 saturated carbocycles. The largest absolute Gasteiger partial charge is 0.495 e. The lowest BCUT2D eigenvalue weighted by Crippen LogP contribution is -2.32. The van der Waals surface area contributed by atoms with Gasteiger partial charge in [-0.25, -0.2) is 8.42 Å². The summed E-state index contributed by atoms with van der Waals surface area (Å²) in [6, 6.07) is 9.66. The van der Waals surface area contributed by atoms with Crippen molar-refractivity contribution in [2.75, 3.05) is 44.5 Å². The Morgan fingerprint density at radius 3 is 2.35 bits per heavy atom. The Morgan fingerprint density at radius 1 is 1.06 bits per heavy atom. The Balaban J connectivity index is 1.95. The number of rotatable bonds is 6. The molecular formula is C22H28ClN3O4S. The van der Waals surface area contributed by atoms with Crippen LogP contribution >= 0.6 is 11.6 Å². The Labute approximate surface area is 189 Å². The number of anilines is 2. The van der Waals surface area contributed by atoms with E-state index < -0.39 is 15.9 Å². The molecule has 1 aliphatic rings. The second-order valence-electron chi connectivity index (χ2n) is 7.69. The van der Waals surface area contributed by atoms with Gasteiger partial charge >= 0.3 is 0 Å². The van der Waals surface area contributed by atoms with E-state index in [0.29, 0.717) is 23.8 Å². The number of sulfonamides is 1. The lowest BCUT2D eigenvalue weighted by Gasteiger charge is -2.22. The van der Waals surface area contributed by atoms with Crippen molar-refractivity contribution in [3.8, 4) is 5.75 Å². The van der Waals surface area contributed by atoms with Crippen molar-refractivity contribution >= 4 is 38.9 Å². The van der Waals surface area contributed by atoms with Crippen molar-refractivity contribution in [1.82, 2.24) is 4.31 Å². The summed E-state index contributed by atoms with van der Waals surface area (Å²) < 4.78 is 33.5. The van der Waals surface area contributed by atoms with Gasteiger partial charge in [0, 0.05) is 37.8 Å². The van der Waals surface area contributed by atoms with Crippen LogP contribution < -0.4 is 15.0 Å². The second-order valence-corrected chi connectivity index (χ2v) is 10.0. The number of nitrogens with one attached hydrogen (secondary N) is 1. The van der Waals surface area contributed by atoms with Gasteiger partial charge in [0.05, 0.1) is 18.5 Å². The normalized spacial score (nSPS) is 15.2. The molecule has 9 heteroatoms. The average molecular weight is 466 g/mol. The van der Waals surface area contributed by atoms with Crippen LogP contribution in [0, 0.1) is 0 Å². The number of hydrogen-bond donors (Lipinski definition) is 1. The van der Waals surface area contributed by atoms with Gasteiger partial charge in [0.25, 0.3) is 5.91 Å². The van der Waals surface area contributed by atoms with Crippen molar-refractivity contribution < 1.29 is 17.9 Å². The lowest BCUT2D eigenvalue weighted by atomic mass is 10.2. The third kappa shape index (κ3) is 5.31. The first-order valence-corrected chi connectivity index (χ1v) is 12.0. The van der Waals surface area contributed by atoms with Gasteiger partial charge < -0.3 is 15.0 Å². The second kappa shape index (κ2) is 9.89. The molecule has 0 atom stereocenters. The molecule has 0 unspecified atom stereocenters. The van der Waals surface area contributed by atoms with E-state index in [1.807, 2.05) is 19.0 Å². The number of carbonyl (C=O) groups excluding carboxylic acids is 1. The topological polar surface area (TPSA) is 79.0 Å². The zero-order valence-corrected chi connectivity index (χ0v) is 19.6. The fourth-order valence-corrected chi connectivity index (χ4v) is 5.50. The quantitative estimate of drug-likeness (QED) is 0.690. The first-order chi connectivity index (χ1) is 14.7. The standard InChI is InChI=1S/C22H28ClN3O4S/c1-25(2)19-10-9-17(23)15-18(19)24-22(27)16-8-11-20(30-3)21(14-16)31(28,29)26-12-6-4-5-7-13-26/h8-11,14-15H,4-7,12-13H2,1-3H3,(H,24,27). The van der Waals surface area contributed by atoms with Crippen LogP contribution in [0.4, 0.5) is 11.4 Å². The summed E-state index contributed by atoms with van der Waals surface area (Å²) in [5, 5.41) is 3.33. The van der Waals surface area contributed by atoms with Crippen LogP contribution in [0.1, 0.15) is 36.0 Å². The van der Waals surface area contributed by atoms with Gasteiger partial charge in [-0.15, -0.1) is 0 Å². The van der Waals surface area contributed by atoms with Crippen LogP contribution in [-0.4, -0.2) is 52.9 Å². The third-order valence-corrected chi connectivity index (χ3v) is 7.45. The van der Waals surface area contributed by atoms with Gasteiger partial charge in [-0.1, -0.05) is 24.4 Å². The smallest absolute Gasteiger partial charge is 0.255 e. The molecule has 2 aromatic rings. The van der Waals surface area contributed by atoms with E-state index in [-0.39, 0.29) is 16.2 Å². The first kappa shape index (κ1) is 23.4. The van der Waals surface area contributed by atoms with Gasteiger partial charge in [-0.05, 0) is 49.2 Å². The Hall–Kier alpha value is -2.29. The summed E-state index contributed by atoms with van der Waals surface area (Å²) in [5.41, 5.74) is 1.54. The van der Waals surface area contributed by atoms with E-state index in [1.165, 1.54) is 23.5 Å². The van der Waals surface area contributed by atoms with Gasteiger partial charge in [0.15, 0.2) is 0 Å². The van der Waals surface area contributed by atoms with Gasteiger partial charge in [-0.3, -0.25) is 4.79 Å². The first-order valence-electron chi connectivity index (χ1n) is 10.2. The molecule has 0 radical (unpaired) electrons. The van der Waals surface area contributed by atoms with Crippen molar-refractivity contribution in [2.45, 2.75) is 30.6 Å². The highest BCUT2D eigenvalue weighted by atomic mass is 35.5. The number of ether oxygens (including phenoxy) is 1. The SMILES string of the molecule is COc1ccc(C(=O)Nc2cc(Cl)ccc2N(C)C)cc1S(=O)(=O)N1CCCCCC1. The molecule has 0 aromatic heterocycles. The van der Waals surface area contributed by atoms with Crippen molar-refractivity contribution in [1.29, 1.82) is 0 Å². The minimum Gasteiger partial charge on any atom is -0.495 e. The summed E-state index contributed by atoms with van der Waals surface area (Å²) >= 11 is 6.10. The molecule has 1 amide bonds. The van der Waals surface area contributed by atoms with Crippen LogP contribution in [0.15, 0.2) is 41.3 Å². The van der Waals surface area contributed by atoms with Crippen molar-refractivity contribution in [2.24, 2.45) is 0 Å². The average Bonchev–Trinajstić information content (AvgIpc) is 3.03. The predicted octanol–water partition coefficient (Wildman–Crippen LogP) is 4.23. The Kier molecular flexibility index (Phi) is 7.46. The van der Waals surface area contributed by atoms with E-state index in [9.17, 15) is 13.2 Å². The van der Waals surface area contributed by atoms with Crippen LogP contribution in [0.3, 0.4) is 0 Å². The van der Waals surface area contributed by atoms with Gasteiger partial charge in [0.1, 0.15) is 10.6 Å². The summed E-state index contributed by atoms with van der Waals surface area (Å²) in [7, 11) is 1.35. The van der Waals surface area contributed by atoms with Crippen molar-refractivity contribution in [3.63, 3.8) is 0 Å². The van der Waals surface area contributed by atoms with Crippen LogP contribution in [0.2, 0.25) is 5.02 Å². The summed E-state index contributed by atoms with van der Waals surface area (Å²) in [5.74, 6) is -0.210. The predicted molar refractivity (Wildman–Crippen MR) is 124 cm³/mol. The maximum atomic E-state index is 13.3. The molecule has 1 heterocycles. The molecule has 0 spiro atoms. The summed E-state index contributed by atoms with van der Waals surface area (Å²) in [4.78, 5) is 14.8. The van der Waals surface area contributed by atoms with Crippen molar-refractivity contribution in [3.05, 3.63) is 47.0 Å². The molecule has 0 aliphatic carbocycles. The van der Waals surface area contributed by atoms with E-state index in [1.54, 1.807) is 24.3 Å². The number of amides is 1. The molecule has 168 valence electrons. The summed E-state index contributed by atoms with van der Waals surface area (Å²) in [6.45, 7) is 0.938. The fraction of sp³-hybridized carbons (Fsp3) is 0.409. The Morgan fingerprint density at radius 2 is 1.74 bits per heavy atom. The maximum Gasteiger partial charge on any atom is 0.255 e. The van der Waals surface area contributed by atoms with E-state index >= 15 is 0 Å². The van der Waals surface area contributed by atoms with Crippen LogP contribution in [0.5, 0.6) is 5.75 Å². The van der Waals surface area contributed by atoms with Crippen LogP contribution in [-0.2, 0) is 10.0 Å². The number of benzene rings is 2. The lowest BCUT2D eigenvalue weighted by molar-refractivity contribution is 0.102. The molecule has 0 bridgehead atoms. The highest BCUT2D eigenvalue weighted by Gasteiger charge is 2.29. The molecule has 7 nitrogen and oxygen atoms in total. The molecule has 2 aromatic carbocycles. The monoisotopic (exact) mass is 465 g/mol. The molecule has 1 saturated heterocycles. The molecular weight excluding hydrogens is 438 g/mol. The summed E-state index contributed by atoms with van der Waals surface area (Å²) in [6.07, 6.45) is 3.67. The number of nitrogens with zero attached hydrogens (tertiary/aromatic N) is 2. The minimum atomic E-state index is -3.79. The van der Waals surface area contributed by atoms with Crippen LogP contribution in [0.25, 0.3) is 0 Å². The highest BCUT2D eigenvalue weighted by Crippen LogP contribution is 2.31. The number of hydrogen-bond acceptors (Lipinski definition) is 5. The van der Waals surface area contributed by atoms with E-state index in [2.05, 4.69) is 5.32 Å². The van der Waals surface area contributed by atoms with Gasteiger partial charge in [-0.2, -0.15) is 4.31 Å². The minimum absolute atomic E-state index is 0.00322. The molecule has 31 heavy (non-hydrogen) atoms. The maximum absolute atomic E-state index is 13.3. The molecule has 1 aliphatic heterocycles. The number of methoxy groups -OCH3 is 1. The molecule has 3 rings (SSSR count). The molecule has 1 N–H and O–H groups in total. The third-order valence-electron chi connectivity index (χ3n) is 5.30. The molecule has 1 fully saturated rings. The highest BCUT2D eigenvalue weighted by molar-refractivity contribution is 7.89. The Bertz CT molecular complexity index is 1050.